The maximum absolute atomic E-state index is 12.0. The molecule has 8 nitrogen and oxygen atoms in total. The Labute approximate surface area is 130 Å². The van der Waals surface area contributed by atoms with Crippen LogP contribution in [0.4, 0.5) is 4.79 Å². The highest BCUT2D eigenvalue weighted by molar-refractivity contribution is 5.78. The van der Waals surface area contributed by atoms with Gasteiger partial charge in [-0.3, -0.25) is 14.5 Å². The number of urea groups is 1. The van der Waals surface area contributed by atoms with Crippen LogP contribution in [0.5, 0.6) is 0 Å². The quantitative estimate of drug-likeness (QED) is 0.603. The number of nitrogens with one attached hydrogen (secondary N) is 1. The van der Waals surface area contributed by atoms with Crippen molar-refractivity contribution in [3.63, 3.8) is 0 Å². The average molecular weight is 311 g/mol. The summed E-state index contributed by atoms with van der Waals surface area (Å²) in [7, 11) is 0. The number of amides is 4. The molecule has 2 fully saturated rings. The minimum atomic E-state index is -0.339. The molecule has 0 saturated carbocycles. The highest BCUT2D eigenvalue weighted by atomic mass is 16.2. The third-order valence-corrected chi connectivity index (χ3v) is 4.09. The van der Waals surface area contributed by atoms with Crippen molar-refractivity contribution in [2.24, 2.45) is 5.73 Å². The number of rotatable bonds is 6. The first-order chi connectivity index (χ1) is 10.6. The molecule has 0 radical (unpaired) electrons. The third-order valence-electron chi connectivity index (χ3n) is 4.09. The highest BCUT2D eigenvalue weighted by Crippen LogP contribution is 2.09. The molecule has 3 N–H and O–H groups in total. The van der Waals surface area contributed by atoms with Gasteiger partial charge >= 0.3 is 6.03 Å². The first kappa shape index (κ1) is 16.5. The van der Waals surface area contributed by atoms with Crippen LogP contribution in [-0.4, -0.2) is 84.9 Å². The van der Waals surface area contributed by atoms with Gasteiger partial charge in [0.25, 0.3) is 0 Å². The number of nitrogens with two attached hydrogens (primary N) is 1. The predicted octanol–water partition coefficient (Wildman–Crippen LogP) is -1.19. The van der Waals surface area contributed by atoms with E-state index in [9.17, 15) is 14.4 Å². The lowest BCUT2D eigenvalue weighted by Crippen LogP contribution is -2.53. The van der Waals surface area contributed by atoms with Gasteiger partial charge in [-0.25, -0.2) is 4.79 Å². The van der Waals surface area contributed by atoms with Crippen molar-refractivity contribution in [1.82, 2.24) is 20.0 Å². The van der Waals surface area contributed by atoms with E-state index in [1.165, 1.54) is 0 Å². The number of piperazine rings is 1. The highest BCUT2D eigenvalue weighted by Gasteiger charge is 2.22. The number of carbonyl (C=O) groups excluding carboxylic acids is 3. The maximum Gasteiger partial charge on any atom is 0.317 e. The molecule has 2 heterocycles. The van der Waals surface area contributed by atoms with E-state index in [4.69, 9.17) is 5.73 Å². The van der Waals surface area contributed by atoms with Crippen LogP contribution in [0.15, 0.2) is 0 Å². The Bertz CT molecular complexity index is 421. The van der Waals surface area contributed by atoms with E-state index in [1.54, 1.807) is 4.90 Å². The van der Waals surface area contributed by atoms with Gasteiger partial charge < -0.3 is 20.9 Å². The van der Waals surface area contributed by atoms with E-state index in [-0.39, 0.29) is 24.4 Å². The number of primary amides is 1. The standard InChI is InChI=1S/C14H25N5O3/c15-12(20)11-17-7-9-19(10-8-17)14(22)16-4-2-6-18-5-1-3-13(18)21/h1-11H2,(H2,15,20)(H,16,22). The Morgan fingerprint density at radius 2 is 1.86 bits per heavy atom. The molecule has 0 atom stereocenters. The van der Waals surface area contributed by atoms with Crippen LogP contribution in [0, 0.1) is 0 Å². The van der Waals surface area contributed by atoms with E-state index in [1.807, 2.05) is 9.80 Å². The van der Waals surface area contributed by atoms with Crippen LogP contribution in [0.1, 0.15) is 19.3 Å². The van der Waals surface area contributed by atoms with Crippen LogP contribution in [0.25, 0.3) is 0 Å². The number of carbonyl (C=O) groups is 3. The molecule has 124 valence electrons. The molecule has 2 rings (SSSR count). The van der Waals surface area contributed by atoms with Crippen molar-refractivity contribution < 1.29 is 14.4 Å². The van der Waals surface area contributed by atoms with Gasteiger partial charge in [-0.2, -0.15) is 0 Å². The van der Waals surface area contributed by atoms with Gasteiger partial charge in [0.05, 0.1) is 6.54 Å². The summed E-state index contributed by atoms with van der Waals surface area (Å²) in [5, 5.41) is 2.89. The van der Waals surface area contributed by atoms with Crippen LogP contribution in [0.2, 0.25) is 0 Å². The molecule has 0 aromatic heterocycles. The minimum Gasteiger partial charge on any atom is -0.369 e. The lowest BCUT2D eigenvalue weighted by molar-refractivity contribution is -0.127. The van der Waals surface area contributed by atoms with Crippen molar-refractivity contribution in [2.75, 3.05) is 52.4 Å². The smallest absolute Gasteiger partial charge is 0.317 e. The van der Waals surface area contributed by atoms with Crippen molar-refractivity contribution >= 4 is 17.8 Å². The second-order valence-corrected chi connectivity index (χ2v) is 5.80. The average Bonchev–Trinajstić information content (AvgIpc) is 2.89. The topological polar surface area (TPSA) is 99.0 Å². The zero-order valence-electron chi connectivity index (χ0n) is 12.9. The Morgan fingerprint density at radius 1 is 1.14 bits per heavy atom. The normalized spacial score (nSPS) is 19.5. The second kappa shape index (κ2) is 7.98. The monoisotopic (exact) mass is 311 g/mol. The summed E-state index contributed by atoms with van der Waals surface area (Å²) in [5.74, 6) is -0.119. The van der Waals surface area contributed by atoms with Gasteiger partial charge in [0, 0.05) is 52.2 Å². The number of likely N-dealkylation sites (tertiary alicyclic amines) is 1. The van der Waals surface area contributed by atoms with E-state index in [0.29, 0.717) is 45.7 Å². The maximum atomic E-state index is 12.0. The molecule has 0 aromatic rings. The zero-order valence-corrected chi connectivity index (χ0v) is 12.9. The second-order valence-electron chi connectivity index (χ2n) is 5.80. The molecule has 2 aliphatic rings. The fourth-order valence-electron chi connectivity index (χ4n) is 2.85. The van der Waals surface area contributed by atoms with E-state index >= 15 is 0 Å². The summed E-state index contributed by atoms with van der Waals surface area (Å²) in [6, 6.07) is -0.0773. The summed E-state index contributed by atoms with van der Waals surface area (Å²) in [6.45, 7) is 4.91. The van der Waals surface area contributed by atoms with Crippen molar-refractivity contribution in [3.05, 3.63) is 0 Å². The van der Waals surface area contributed by atoms with Crippen LogP contribution >= 0.6 is 0 Å². The molecule has 0 bridgehead atoms. The Balaban J connectivity index is 1.58. The van der Waals surface area contributed by atoms with Crippen LogP contribution in [-0.2, 0) is 9.59 Å². The largest absolute Gasteiger partial charge is 0.369 e. The van der Waals surface area contributed by atoms with Gasteiger partial charge in [-0.15, -0.1) is 0 Å². The molecular weight excluding hydrogens is 286 g/mol. The van der Waals surface area contributed by atoms with Crippen LogP contribution in [0.3, 0.4) is 0 Å². The summed E-state index contributed by atoms with van der Waals surface area (Å²) in [5.41, 5.74) is 5.16. The molecule has 8 heteroatoms. The Morgan fingerprint density at radius 3 is 2.45 bits per heavy atom. The van der Waals surface area contributed by atoms with Crippen molar-refractivity contribution in [2.45, 2.75) is 19.3 Å². The fourth-order valence-corrected chi connectivity index (χ4v) is 2.85. The fraction of sp³-hybridized carbons (Fsp3) is 0.786. The summed E-state index contributed by atoms with van der Waals surface area (Å²) >= 11 is 0. The van der Waals surface area contributed by atoms with Gasteiger partial charge in [-0.1, -0.05) is 0 Å². The van der Waals surface area contributed by atoms with Gasteiger partial charge in [0.1, 0.15) is 0 Å². The predicted molar refractivity (Wildman–Crippen MR) is 81.0 cm³/mol. The molecule has 2 saturated heterocycles. The first-order valence-electron chi connectivity index (χ1n) is 7.87. The van der Waals surface area contributed by atoms with E-state index in [0.717, 1.165) is 19.4 Å². The summed E-state index contributed by atoms with van der Waals surface area (Å²) in [4.78, 5) is 39.9. The van der Waals surface area contributed by atoms with E-state index in [2.05, 4.69) is 5.32 Å². The molecule has 0 aliphatic carbocycles. The number of nitrogens with zero attached hydrogens (tertiary/aromatic N) is 3. The van der Waals surface area contributed by atoms with Gasteiger partial charge in [0.2, 0.25) is 11.8 Å². The molecule has 22 heavy (non-hydrogen) atoms. The minimum absolute atomic E-state index is 0.0773. The third kappa shape index (κ3) is 4.87. The molecule has 0 unspecified atom stereocenters. The molecular formula is C14H25N5O3. The van der Waals surface area contributed by atoms with Gasteiger partial charge in [-0.05, 0) is 12.8 Å². The lowest BCUT2D eigenvalue weighted by atomic mass is 10.3. The zero-order chi connectivity index (χ0) is 15.9. The SMILES string of the molecule is NC(=O)CN1CCN(C(=O)NCCCN2CCCC2=O)CC1. The van der Waals surface area contributed by atoms with Crippen molar-refractivity contribution in [3.8, 4) is 0 Å². The van der Waals surface area contributed by atoms with Crippen LogP contribution < -0.4 is 11.1 Å². The Kier molecular flexibility index (Phi) is 6.00. The first-order valence-corrected chi connectivity index (χ1v) is 7.87. The van der Waals surface area contributed by atoms with Crippen molar-refractivity contribution in [1.29, 1.82) is 0 Å². The lowest BCUT2D eigenvalue weighted by Gasteiger charge is -2.34. The molecule has 2 aliphatic heterocycles. The van der Waals surface area contributed by atoms with E-state index < -0.39 is 0 Å². The molecule has 4 amide bonds. The summed E-state index contributed by atoms with van der Waals surface area (Å²) in [6.07, 6.45) is 2.38. The molecule has 0 aromatic carbocycles. The number of hydrogen-bond donors (Lipinski definition) is 2. The van der Waals surface area contributed by atoms with Gasteiger partial charge in [0.15, 0.2) is 0 Å². The molecule has 0 spiro atoms. The summed E-state index contributed by atoms with van der Waals surface area (Å²) < 4.78 is 0. The number of hydrogen-bond acceptors (Lipinski definition) is 4. The Hall–Kier alpha value is -1.83.